The van der Waals surface area contributed by atoms with Crippen LogP contribution in [0.5, 0.6) is 0 Å². The second-order valence-electron chi connectivity index (χ2n) is 6.13. The molecule has 1 aliphatic rings. The van der Waals surface area contributed by atoms with Gasteiger partial charge in [-0.1, -0.05) is 23.2 Å². The maximum atomic E-state index is 12.9. The van der Waals surface area contributed by atoms with Crippen LogP contribution in [-0.2, 0) is 10.0 Å². The molecule has 0 bridgehead atoms. The van der Waals surface area contributed by atoms with Gasteiger partial charge < -0.3 is 9.80 Å². The van der Waals surface area contributed by atoms with E-state index in [4.69, 9.17) is 23.2 Å². The Balaban J connectivity index is 1.76. The van der Waals surface area contributed by atoms with E-state index in [0.717, 1.165) is 11.5 Å². The van der Waals surface area contributed by atoms with Crippen LogP contribution in [0.4, 0.5) is 11.5 Å². The summed E-state index contributed by atoms with van der Waals surface area (Å²) in [6.45, 7) is 1.70. The maximum absolute atomic E-state index is 12.9. The number of piperazine rings is 1. The summed E-state index contributed by atoms with van der Waals surface area (Å²) in [5.41, 5.74) is 0.941. The minimum absolute atomic E-state index is 0.0366. The molecule has 0 saturated carbocycles. The summed E-state index contributed by atoms with van der Waals surface area (Å²) in [5, 5.41) is 8.68. The van der Waals surface area contributed by atoms with E-state index in [1.165, 1.54) is 16.4 Å². The number of sulfonamides is 1. The number of hydrogen-bond acceptors (Lipinski definition) is 6. The first-order valence-electron chi connectivity index (χ1n) is 7.99. The molecule has 0 N–H and O–H groups in total. The Morgan fingerprint density at radius 2 is 1.77 bits per heavy atom. The van der Waals surface area contributed by atoms with Crippen molar-refractivity contribution in [1.82, 2.24) is 14.5 Å². The van der Waals surface area contributed by atoms with E-state index in [9.17, 15) is 8.42 Å². The molecular formula is C16H19Cl2N5O2S. The topological polar surface area (TPSA) is 69.6 Å². The molecule has 3 rings (SSSR count). The highest BCUT2D eigenvalue weighted by atomic mass is 35.5. The van der Waals surface area contributed by atoms with Crippen LogP contribution in [0.3, 0.4) is 0 Å². The summed E-state index contributed by atoms with van der Waals surface area (Å²) in [4.78, 5) is 4.00. The van der Waals surface area contributed by atoms with Crippen molar-refractivity contribution >= 4 is 44.7 Å². The van der Waals surface area contributed by atoms with Crippen LogP contribution in [0.1, 0.15) is 0 Å². The zero-order chi connectivity index (χ0) is 18.9. The Labute approximate surface area is 163 Å². The number of nitrogens with zero attached hydrogens (tertiary/aromatic N) is 5. The standard InChI is InChI=1S/C16H19Cl2N5O2S/c1-21(2)13-10-16(20-19-11-13)22-5-7-23(8-6-22)26(24,25)15-9-12(17)3-4-14(15)18/h3-4,9-11H,5-8H2,1-2H3. The molecule has 1 aromatic carbocycles. The predicted molar refractivity (Wildman–Crippen MR) is 104 cm³/mol. The van der Waals surface area contributed by atoms with E-state index >= 15 is 0 Å². The molecule has 0 unspecified atom stereocenters. The fourth-order valence-electron chi connectivity index (χ4n) is 2.72. The van der Waals surface area contributed by atoms with Crippen molar-refractivity contribution < 1.29 is 8.42 Å². The van der Waals surface area contributed by atoms with Crippen LogP contribution in [0.15, 0.2) is 35.4 Å². The number of aromatic nitrogens is 2. The summed E-state index contributed by atoms with van der Waals surface area (Å²) >= 11 is 12.0. The lowest BCUT2D eigenvalue weighted by molar-refractivity contribution is 0.383. The van der Waals surface area contributed by atoms with Gasteiger partial charge in [0.2, 0.25) is 10.0 Å². The van der Waals surface area contributed by atoms with Gasteiger partial charge >= 0.3 is 0 Å². The first kappa shape index (κ1) is 19.2. The van der Waals surface area contributed by atoms with Crippen molar-refractivity contribution in [3.05, 3.63) is 40.5 Å². The smallest absolute Gasteiger partial charge is 0.244 e. The molecular weight excluding hydrogens is 397 g/mol. The van der Waals surface area contributed by atoms with Crippen LogP contribution in [0, 0.1) is 0 Å². The van der Waals surface area contributed by atoms with Gasteiger partial charge in [-0.3, -0.25) is 0 Å². The largest absolute Gasteiger partial charge is 0.376 e. The van der Waals surface area contributed by atoms with Crippen LogP contribution in [-0.4, -0.2) is 63.2 Å². The highest BCUT2D eigenvalue weighted by Crippen LogP contribution is 2.29. The van der Waals surface area contributed by atoms with Gasteiger partial charge in [0.15, 0.2) is 5.82 Å². The highest BCUT2D eigenvalue weighted by molar-refractivity contribution is 7.89. The molecule has 0 amide bonds. The number of hydrogen-bond donors (Lipinski definition) is 0. The molecule has 0 spiro atoms. The number of benzene rings is 1. The Morgan fingerprint density at radius 1 is 1.08 bits per heavy atom. The summed E-state index contributed by atoms with van der Waals surface area (Å²) in [5.74, 6) is 0.731. The maximum Gasteiger partial charge on any atom is 0.244 e. The van der Waals surface area contributed by atoms with E-state index in [1.807, 2.05) is 30.0 Å². The molecule has 1 fully saturated rings. The average Bonchev–Trinajstić information content (AvgIpc) is 2.64. The van der Waals surface area contributed by atoms with Crippen molar-refractivity contribution in [2.45, 2.75) is 4.90 Å². The first-order valence-corrected chi connectivity index (χ1v) is 10.2. The van der Waals surface area contributed by atoms with Gasteiger partial charge in [-0.2, -0.15) is 9.40 Å². The molecule has 26 heavy (non-hydrogen) atoms. The third-order valence-corrected chi connectivity index (χ3v) is 6.83. The third-order valence-electron chi connectivity index (χ3n) is 4.22. The van der Waals surface area contributed by atoms with E-state index < -0.39 is 10.0 Å². The zero-order valence-corrected chi connectivity index (χ0v) is 16.8. The molecule has 140 valence electrons. The lowest BCUT2D eigenvalue weighted by Gasteiger charge is -2.34. The molecule has 1 aromatic heterocycles. The van der Waals surface area contributed by atoms with Gasteiger partial charge in [-0.15, -0.1) is 5.10 Å². The number of anilines is 2. The molecule has 2 heterocycles. The van der Waals surface area contributed by atoms with Crippen LogP contribution in [0.2, 0.25) is 10.0 Å². The monoisotopic (exact) mass is 415 g/mol. The van der Waals surface area contributed by atoms with E-state index in [1.54, 1.807) is 12.3 Å². The van der Waals surface area contributed by atoms with Crippen molar-refractivity contribution in [1.29, 1.82) is 0 Å². The van der Waals surface area contributed by atoms with Crippen molar-refractivity contribution in [3.8, 4) is 0 Å². The second-order valence-corrected chi connectivity index (χ2v) is 8.88. The predicted octanol–water partition coefficient (Wildman–Crippen LogP) is 2.36. The molecule has 1 aliphatic heterocycles. The van der Waals surface area contributed by atoms with Crippen LogP contribution >= 0.6 is 23.2 Å². The minimum Gasteiger partial charge on any atom is -0.376 e. The quantitative estimate of drug-likeness (QED) is 0.762. The summed E-state index contributed by atoms with van der Waals surface area (Å²) in [6.07, 6.45) is 1.69. The average molecular weight is 416 g/mol. The van der Waals surface area contributed by atoms with E-state index in [0.29, 0.717) is 31.2 Å². The van der Waals surface area contributed by atoms with Gasteiger partial charge in [0.25, 0.3) is 0 Å². The first-order chi connectivity index (χ1) is 12.3. The Hall–Kier alpha value is -1.61. The summed E-state index contributed by atoms with van der Waals surface area (Å²) in [7, 11) is 0.165. The van der Waals surface area contributed by atoms with Crippen molar-refractivity contribution in [2.24, 2.45) is 0 Å². The number of rotatable bonds is 4. The molecule has 1 saturated heterocycles. The van der Waals surface area contributed by atoms with Gasteiger partial charge in [-0.25, -0.2) is 8.42 Å². The molecule has 0 aliphatic carbocycles. The summed E-state index contributed by atoms with van der Waals surface area (Å²) < 4.78 is 27.2. The van der Waals surface area contributed by atoms with Gasteiger partial charge in [0, 0.05) is 51.4 Å². The molecule has 0 radical (unpaired) electrons. The highest BCUT2D eigenvalue weighted by Gasteiger charge is 2.30. The number of halogens is 2. The second kappa shape index (κ2) is 7.56. The minimum atomic E-state index is -3.70. The molecule has 2 aromatic rings. The fraction of sp³-hybridized carbons (Fsp3) is 0.375. The zero-order valence-electron chi connectivity index (χ0n) is 14.4. The fourth-order valence-corrected chi connectivity index (χ4v) is 4.88. The normalized spacial score (nSPS) is 15.9. The Morgan fingerprint density at radius 3 is 2.42 bits per heavy atom. The third kappa shape index (κ3) is 3.88. The Kier molecular flexibility index (Phi) is 5.57. The lowest BCUT2D eigenvalue weighted by Crippen LogP contribution is -2.49. The SMILES string of the molecule is CN(C)c1cnnc(N2CCN(S(=O)(=O)c3cc(Cl)ccc3Cl)CC2)c1. The molecule has 10 heteroatoms. The lowest BCUT2D eigenvalue weighted by atomic mass is 10.3. The van der Waals surface area contributed by atoms with E-state index in [-0.39, 0.29) is 9.92 Å². The summed E-state index contributed by atoms with van der Waals surface area (Å²) in [6, 6.07) is 6.38. The van der Waals surface area contributed by atoms with Gasteiger partial charge in [0.05, 0.1) is 16.9 Å². The van der Waals surface area contributed by atoms with Crippen LogP contribution < -0.4 is 9.80 Å². The molecule has 0 atom stereocenters. The van der Waals surface area contributed by atoms with Gasteiger partial charge in [-0.05, 0) is 18.2 Å². The van der Waals surface area contributed by atoms with E-state index in [2.05, 4.69) is 10.2 Å². The van der Waals surface area contributed by atoms with Crippen LogP contribution in [0.25, 0.3) is 0 Å². The Bertz CT molecular complexity index is 899. The van der Waals surface area contributed by atoms with Gasteiger partial charge in [0.1, 0.15) is 4.90 Å². The van der Waals surface area contributed by atoms with Crippen molar-refractivity contribution in [2.75, 3.05) is 50.1 Å². The molecule has 7 nitrogen and oxygen atoms in total. The van der Waals surface area contributed by atoms with Crippen molar-refractivity contribution in [3.63, 3.8) is 0 Å².